The second kappa shape index (κ2) is 10.6. The van der Waals surface area contributed by atoms with Crippen LogP contribution in [0.25, 0.3) is 11.5 Å². The largest absolute Gasteiger partial charge is 0.867 e. The Morgan fingerprint density at radius 3 is 2.41 bits per heavy atom. The molecule has 2 aromatic carbocycles. The summed E-state index contributed by atoms with van der Waals surface area (Å²) in [5.41, 5.74) is -0.533. The molecule has 0 bridgehead atoms. The molecule has 0 aliphatic heterocycles. The molecule has 0 aliphatic carbocycles. The number of benzene rings is 2. The van der Waals surface area contributed by atoms with Crippen LogP contribution in [-0.2, 0) is 12.8 Å². The summed E-state index contributed by atoms with van der Waals surface area (Å²) < 4.78 is 69.6. The Morgan fingerprint density at radius 2 is 1.79 bits per heavy atom. The molecule has 11 heteroatoms. The number of hydrogen-bond donors (Lipinski definition) is 2. The molecule has 3 rings (SSSR count). The zero-order valence-electron chi connectivity index (χ0n) is 17.2. The zero-order chi connectivity index (χ0) is 24.9. The van der Waals surface area contributed by atoms with Crippen LogP contribution in [0, 0.1) is 0 Å². The topological polar surface area (TPSA) is 68.4 Å². The van der Waals surface area contributed by atoms with E-state index in [1.54, 1.807) is 12.1 Å². The SMILES string of the molecule is [O-]C(=C(C(=S)Nc1cccc(C(F)(F)F)c1)[n+]1cccc(CO)c1)c1ccc(OC(F)F)cc1. The Labute approximate surface area is 196 Å². The molecule has 1 heterocycles. The van der Waals surface area contributed by atoms with Gasteiger partial charge in [0.25, 0.3) is 0 Å². The maximum atomic E-state index is 13.3. The minimum absolute atomic E-state index is 0.00437. The lowest BCUT2D eigenvalue weighted by atomic mass is 10.1. The van der Waals surface area contributed by atoms with E-state index in [-0.39, 0.29) is 34.3 Å². The summed E-state index contributed by atoms with van der Waals surface area (Å²) in [5.74, 6) is -0.805. The number of aromatic nitrogens is 1. The summed E-state index contributed by atoms with van der Waals surface area (Å²) in [6.07, 6.45) is -1.67. The van der Waals surface area contributed by atoms with Crippen LogP contribution >= 0.6 is 12.2 Å². The first-order valence-electron chi connectivity index (χ1n) is 9.65. The summed E-state index contributed by atoms with van der Waals surface area (Å²) in [6.45, 7) is -3.37. The van der Waals surface area contributed by atoms with Crippen molar-refractivity contribution in [3.63, 3.8) is 0 Å². The number of aliphatic hydroxyl groups excluding tert-OH is 1. The van der Waals surface area contributed by atoms with Gasteiger partial charge in [-0.15, -0.1) is 0 Å². The van der Waals surface area contributed by atoms with Crippen molar-refractivity contribution in [1.82, 2.24) is 0 Å². The normalized spacial score (nSPS) is 12.3. The first-order valence-corrected chi connectivity index (χ1v) is 10.1. The van der Waals surface area contributed by atoms with E-state index < -0.39 is 24.1 Å². The fourth-order valence-electron chi connectivity index (χ4n) is 2.98. The fourth-order valence-corrected chi connectivity index (χ4v) is 3.30. The number of aliphatic hydroxyl groups is 1. The van der Waals surface area contributed by atoms with Crippen molar-refractivity contribution in [3.05, 3.63) is 89.7 Å². The first-order chi connectivity index (χ1) is 16.1. The van der Waals surface area contributed by atoms with Crippen LogP contribution in [0.2, 0.25) is 0 Å². The number of alkyl halides is 5. The van der Waals surface area contributed by atoms with Gasteiger partial charge in [-0.25, -0.2) is 0 Å². The summed E-state index contributed by atoms with van der Waals surface area (Å²) in [7, 11) is 0. The molecule has 0 saturated heterocycles. The molecular weight excluding hydrogens is 479 g/mol. The summed E-state index contributed by atoms with van der Waals surface area (Å²) in [5, 5.41) is 25.4. The highest BCUT2D eigenvalue weighted by Gasteiger charge is 2.30. The molecule has 0 unspecified atom stereocenters. The molecule has 5 nitrogen and oxygen atoms in total. The number of rotatable bonds is 7. The Bertz CT molecular complexity index is 1200. The van der Waals surface area contributed by atoms with Gasteiger partial charge in [0.05, 0.1) is 12.2 Å². The third-order valence-corrected chi connectivity index (χ3v) is 4.82. The van der Waals surface area contributed by atoms with Crippen molar-refractivity contribution in [2.24, 2.45) is 0 Å². The molecule has 0 aliphatic rings. The number of hydrogen-bond acceptors (Lipinski definition) is 4. The van der Waals surface area contributed by atoms with Crippen molar-refractivity contribution in [1.29, 1.82) is 0 Å². The predicted molar refractivity (Wildman–Crippen MR) is 116 cm³/mol. The van der Waals surface area contributed by atoms with E-state index in [9.17, 15) is 32.2 Å². The third kappa shape index (κ3) is 6.27. The lowest BCUT2D eigenvalue weighted by Crippen LogP contribution is -2.40. The molecule has 34 heavy (non-hydrogen) atoms. The van der Waals surface area contributed by atoms with Gasteiger partial charge in [-0.05, 0) is 47.7 Å². The monoisotopic (exact) mass is 496 g/mol. The number of nitrogens with one attached hydrogen (secondary N) is 1. The van der Waals surface area contributed by atoms with E-state index in [0.717, 1.165) is 12.1 Å². The van der Waals surface area contributed by atoms with Crippen molar-refractivity contribution in [2.75, 3.05) is 5.32 Å². The first kappa shape index (κ1) is 25.1. The Balaban J connectivity index is 2.04. The zero-order valence-corrected chi connectivity index (χ0v) is 18.0. The van der Waals surface area contributed by atoms with Crippen molar-refractivity contribution < 1.29 is 41.5 Å². The summed E-state index contributed by atoms with van der Waals surface area (Å²) >= 11 is 5.36. The van der Waals surface area contributed by atoms with Gasteiger partial charge >= 0.3 is 12.8 Å². The molecular formula is C23H17F5N2O3S. The molecule has 0 atom stereocenters. The second-order valence-electron chi connectivity index (χ2n) is 6.89. The molecule has 0 fully saturated rings. The smallest absolute Gasteiger partial charge is 0.416 e. The van der Waals surface area contributed by atoms with Crippen molar-refractivity contribution >= 4 is 34.3 Å². The Kier molecular flexibility index (Phi) is 7.79. The van der Waals surface area contributed by atoms with Gasteiger partial charge in [0, 0.05) is 17.3 Å². The number of anilines is 1. The van der Waals surface area contributed by atoms with Gasteiger partial charge in [0.1, 0.15) is 5.75 Å². The Hall–Kier alpha value is -3.57. The molecule has 0 saturated carbocycles. The number of pyridine rings is 1. The minimum Gasteiger partial charge on any atom is -0.867 e. The maximum absolute atomic E-state index is 13.3. The summed E-state index contributed by atoms with van der Waals surface area (Å²) in [6, 6.07) is 12.3. The molecule has 1 aromatic heterocycles. The van der Waals surface area contributed by atoms with Crippen LogP contribution < -0.4 is 19.7 Å². The van der Waals surface area contributed by atoms with Gasteiger partial charge in [-0.2, -0.15) is 26.5 Å². The Morgan fingerprint density at radius 1 is 1.09 bits per heavy atom. The van der Waals surface area contributed by atoms with Crippen LogP contribution in [0.1, 0.15) is 16.7 Å². The van der Waals surface area contributed by atoms with Gasteiger partial charge in [-0.1, -0.05) is 30.4 Å². The number of ether oxygens (including phenoxy) is 1. The highest BCUT2D eigenvalue weighted by atomic mass is 32.1. The van der Waals surface area contributed by atoms with Crippen molar-refractivity contribution in [3.8, 4) is 5.75 Å². The lowest BCUT2D eigenvalue weighted by molar-refractivity contribution is -0.578. The predicted octanol–water partition coefficient (Wildman–Crippen LogP) is 4.21. The molecule has 0 spiro atoms. The van der Waals surface area contributed by atoms with Crippen molar-refractivity contribution in [2.45, 2.75) is 19.4 Å². The van der Waals surface area contributed by atoms with E-state index in [2.05, 4.69) is 10.1 Å². The van der Waals surface area contributed by atoms with E-state index >= 15 is 0 Å². The highest BCUT2D eigenvalue weighted by molar-refractivity contribution is 7.81. The number of thiocarbonyl (C=S) groups is 1. The van der Waals surface area contributed by atoms with Crippen LogP contribution in [0.5, 0.6) is 5.75 Å². The standard InChI is InChI=1S/C23H17F5N2O3S/c24-22(25)33-18-8-6-15(7-9-18)20(32)19(30-10-2-3-14(12-30)13-31)21(34)29-17-5-1-4-16(11-17)23(26,27)28/h1-12,22,31H,13H2,(H-,29,32,34). The van der Waals surface area contributed by atoms with Crippen LogP contribution in [-0.4, -0.2) is 16.7 Å². The van der Waals surface area contributed by atoms with Gasteiger partial charge in [0.2, 0.25) is 5.70 Å². The lowest BCUT2D eigenvalue weighted by Gasteiger charge is -2.18. The minimum atomic E-state index is -4.58. The molecule has 0 amide bonds. The second-order valence-corrected chi connectivity index (χ2v) is 7.30. The maximum Gasteiger partial charge on any atom is 0.416 e. The quantitative estimate of drug-likeness (QED) is 0.169. The molecule has 2 N–H and O–H groups in total. The van der Waals surface area contributed by atoms with E-state index in [1.165, 1.54) is 53.4 Å². The molecule has 178 valence electrons. The van der Waals surface area contributed by atoms with Crippen LogP contribution in [0.4, 0.5) is 27.6 Å². The number of halogens is 5. The third-order valence-electron chi connectivity index (χ3n) is 4.52. The number of nitrogens with zero attached hydrogens (tertiary/aromatic N) is 1. The van der Waals surface area contributed by atoms with Gasteiger partial charge in [0.15, 0.2) is 17.4 Å². The van der Waals surface area contributed by atoms with Gasteiger partial charge in [-0.3, -0.25) is 0 Å². The molecule has 0 radical (unpaired) electrons. The van der Waals surface area contributed by atoms with Crippen LogP contribution in [0.3, 0.4) is 0 Å². The van der Waals surface area contributed by atoms with E-state index in [4.69, 9.17) is 12.2 Å². The summed E-state index contributed by atoms with van der Waals surface area (Å²) in [4.78, 5) is -0.197. The highest BCUT2D eigenvalue weighted by Crippen LogP contribution is 2.31. The fraction of sp³-hybridized carbons (Fsp3) is 0.130. The molecule has 3 aromatic rings. The average Bonchev–Trinajstić information content (AvgIpc) is 2.79. The average molecular weight is 496 g/mol. The van der Waals surface area contributed by atoms with Gasteiger partial charge < -0.3 is 20.3 Å². The van der Waals surface area contributed by atoms with E-state index in [0.29, 0.717) is 5.56 Å². The van der Waals surface area contributed by atoms with E-state index in [1.807, 2.05) is 0 Å². The van der Waals surface area contributed by atoms with Crippen LogP contribution in [0.15, 0.2) is 73.1 Å².